The van der Waals surface area contributed by atoms with Gasteiger partial charge in [0.15, 0.2) is 11.5 Å². The minimum absolute atomic E-state index is 0.0320. The van der Waals surface area contributed by atoms with E-state index in [-0.39, 0.29) is 25.2 Å². The van der Waals surface area contributed by atoms with Gasteiger partial charge in [0.1, 0.15) is 0 Å². The summed E-state index contributed by atoms with van der Waals surface area (Å²) in [6.45, 7) is 6.46. The number of aliphatic carboxylic acids is 1. The van der Waals surface area contributed by atoms with E-state index in [1.807, 2.05) is 29.7 Å². The van der Waals surface area contributed by atoms with Gasteiger partial charge in [0.05, 0.1) is 26.2 Å². The summed E-state index contributed by atoms with van der Waals surface area (Å²) in [6.07, 6.45) is 4.33. The highest BCUT2D eigenvalue weighted by atomic mass is 16.7. The Kier molecular flexibility index (Phi) is 9.90. The average Bonchev–Trinajstić information content (AvgIpc) is 3.54. The molecule has 4 rings (SSSR count). The molecule has 1 N–H and O–H groups in total. The molecule has 3 aliphatic heterocycles. The number of hydroxylamine groups is 2. The molecular formula is C28H41N3O8. The number of carbonyl (C=O) groups is 3. The molecule has 1 aromatic rings. The van der Waals surface area contributed by atoms with Gasteiger partial charge in [0, 0.05) is 44.6 Å². The van der Waals surface area contributed by atoms with Gasteiger partial charge in [-0.1, -0.05) is 13.8 Å². The fraction of sp³-hybridized carbons (Fsp3) is 0.679. The number of methoxy groups -OCH3 is 1. The normalized spacial score (nSPS) is 22.8. The maximum Gasteiger partial charge on any atom is 0.308 e. The van der Waals surface area contributed by atoms with Crippen molar-refractivity contribution in [1.29, 1.82) is 0 Å². The number of rotatable bonds is 13. The SMILES string of the molecule is CCCON(CCC)C(=O)CN1C[C@H](c2cc(OC)c3c(c2)OCO3)C(C(=O)O)[C@@H]1CCN1CCCCC1=O. The van der Waals surface area contributed by atoms with Crippen LogP contribution in [-0.2, 0) is 19.2 Å². The van der Waals surface area contributed by atoms with E-state index in [2.05, 4.69) is 0 Å². The van der Waals surface area contributed by atoms with E-state index < -0.39 is 23.8 Å². The molecule has 0 bridgehead atoms. The lowest BCUT2D eigenvalue weighted by Gasteiger charge is -2.32. The lowest BCUT2D eigenvalue weighted by molar-refractivity contribution is -0.188. The second kappa shape index (κ2) is 13.3. The van der Waals surface area contributed by atoms with Gasteiger partial charge in [-0.05, 0) is 49.8 Å². The first-order valence-corrected chi connectivity index (χ1v) is 14.0. The van der Waals surface area contributed by atoms with Crippen LogP contribution in [0.15, 0.2) is 12.1 Å². The highest BCUT2D eigenvalue weighted by Crippen LogP contribution is 2.47. The smallest absolute Gasteiger partial charge is 0.308 e. The predicted molar refractivity (Wildman–Crippen MR) is 142 cm³/mol. The molecule has 0 aliphatic carbocycles. The third-order valence-electron chi connectivity index (χ3n) is 7.75. The first kappa shape index (κ1) is 28.9. The highest BCUT2D eigenvalue weighted by Gasteiger charge is 2.48. The van der Waals surface area contributed by atoms with Crippen molar-refractivity contribution in [2.24, 2.45) is 5.92 Å². The van der Waals surface area contributed by atoms with Crippen LogP contribution in [-0.4, -0.2) is 97.0 Å². The maximum absolute atomic E-state index is 13.4. The van der Waals surface area contributed by atoms with Crippen LogP contribution in [0.1, 0.15) is 63.9 Å². The first-order valence-electron chi connectivity index (χ1n) is 14.0. The van der Waals surface area contributed by atoms with Crippen LogP contribution in [0.2, 0.25) is 0 Å². The molecule has 1 aromatic carbocycles. The van der Waals surface area contributed by atoms with E-state index in [4.69, 9.17) is 19.0 Å². The van der Waals surface area contributed by atoms with Gasteiger partial charge >= 0.3 is 5.97 Å². The van der Waals surface area contributed by atoms with Crippen molar-refractivity contribution < 1.29 is 38.5 Å². The van der Waals surface area contributed by atoms with Gasteiger partial charge in [-0.25, -0.2) is 5.06 Å². The molecule has 0 radical (unpaired) electrons. The molecule has 39 heavy (non-hydrogen) atoms. The van der Waals surface area contributed by atoms with Crippen LogP contribution in [0.5, 0.6) is 17.2 Å². The molecule has 0 spiro atoms. The van der Waals surface area contributed by atoms with Crippen LogP contribution in [0.4, 0.5) is 0 Å². The van der Waals surface area contributed by atoms with Gasteiger partial charge in [0.25, 0.3) is 5.91 Å². The fourth-order valence-corrected chi connectivity index (χ4v) is 5.86. The molecule has 1 unspecified atom stereocenters. The first-order chi connectivity index (χ1) is 18.9. The van der Waals surface area contributed by atoms with Crippen molar-refractivity contribution in [2.45, 2.75) is 64.3 Å². The minimum Gasteiger partial charge on any atom is -0.493 e. The third kappa shape index (κ3) is 6.58. The largest absolute Gasteiger partial charge is 0.493 e. The van der Waals surface area contributed by atoms with E-state index in [9.17, 15) is 19.5 Å². The van der Waals surface area contributed by atoms with Crippen molar-refractivity contribution in [1.82, 2.24) is 14.9 Å². The summed E-state index contributed by atoms with van der Waals surface area (Å²) in [5.41, 5.74) is 0.755. The summed E-state index contributed by atoms with van der Waals surface area (Å²) in [6, 6.07) is 3.17. The van der Waals surface area contributed by atoms with E-state index in [0.29, 0.717) is 62.9 Å². The molecule has 3 aliphatic rings. The summed E-state index contributed by atoms with van der Waals surface area (Å²) >= 11 is 0. The summed E-state index contributed by atoms with van der Waals surface area (Å²) in [7, 11) is 1.53. The van der Waals surface area contributed by atoms with E-state index in [0.717, 1.165) is 31.2 Å². The molecule has 0 aromatic heterocycles. The molecule has 2 saturated heterocycles. The molecule has 11 heteroatoms. The number of ether oxygens (including phenoxy) is 3. The topological polar surface area (TPSA) is 118 Å². The zero-order valence-corrected chi connectivity index (χ0v) is 23.2. The van der Waals surface area contributed by atoms with E-state index in [1.54, 1.807) is 6.07 Å². The molecule has 3 heterocycles. The number of likely N-dealkylation sites (tertiary alicyclic amines) is 2. The summed E-state index contributed by atoms with van der Waals surface area (Å²) in [4.78, 5) is 48.1. The van der Waals surface area contributed by atoms with Gasteiger partial charge in [-0.15, -0.1) is 0 Å². The number of hydrogen-bond acceptors (Lipinski definition) is 8. The van der Waals surface area contributed by atoms with Crippen LogP contribution < -0.4 is 14.2 Å². The number of carboxylic acid groups (broad SMARTS) is 1. The molecule has 3 atom stereocenters. The Morgan fingerprint density at radius 2 is 2.00 bits per heavy atom. The van der Waals surface area contributed by atoms with Crippen molar-refractivity contribution in [3.05, 3.63) is 17.7 Å². The molecular weight excluding hydrogens is 506 g/mol. The average molecular weight is 548 g/mol. The fourth-order valence-electron chi connectivity index (χ4n) is 5.86. The number of amides is 2. The van der Waals surface area contributed by atoms with Gasteiger partial charge in [-0.2, -0.15) is 0 Å². The lowest BCUT2D eigenvalue weighted by atomic mass is 9.84. The van der Waals surface area contributed by atoms with Crippen molar-refractivity contribution in [3.8, 4) is 17.2 Å². The highest BCUT2D eigenvalue weighted by molar-refractivity contribution is 5.79. The summed E-state index contributed by atoms with van der Waals surface area (Å²) in [5.74, 6) is -0.742. The zero-order chi connectivity index (χ0) is 27.9. The lowest BCUT2D eigenvalue weighted by Crippen LogP contribution is -2.46. The second-order valence-corrected chi connectivity index (χ2v) is 10.4. The Morgan fingerprint density at radius 3 is 2.69 bits per heavy atom. The Hall–Kier alpha value is -3.05. The van der Waals surface area contributed by atoms with E-state index in [1.165, 1.54) is 12.2 Å². The minimum atomic E-state index is -0.936. The number of nitrogens with zero attached hydrogens (tertiary/aromatic N) is 3. The number of hydrogen-bond donors (Lipinski definition) is 1. The van der Waals surface area contributed by atoms with Crippen molar-refractivity contribution in [2.75, 3.05) is 53.2 Å². The van der Waals surface area contributed by atoms with Crippen LogP contribution in [0.25, 0.3) is 0 Å². The molecule has 2 amide bonds. The number of carboxylic acids is 1. The monoisotopic (exact) mass is 547 g/mol. The number of fused-ring (bicyclic) bond motifs is 1. The maximum atomic E-state index is 13.4. The molecule has 2 fully saturated rings. The molecule has 0 saturated carbocycles. The number of carbonyl (C=O) groups excluding carboxylic acids is 2. The van der Waals surface area contributed by atoms with Gasteiger partial charge in [-0.3, -0.25) is 24.1 Å². The van der Waals surface area contributed by atoms with Crippen molar-refractivity contribution >= 4 is 17.8 Å². The number of benzene rings is 1. The van der Waals surface area contributed by atoms with Crippen molar-refractivity contribution in [3.63, 3.8) is 0 Å². The zero-order valence-electron chi connectivity index (χ0n) is 23.2. The van der Waals surface area contributed by atoms with Gasteiger partial charge in [0.2, 0.25) is 18.4 Å². The van der Waals surface area contributed by atoms with Crippen LogP contribution >= 0.6 is 0 Å². The molecule has 216 valence electrons. The third-order valence-corrected chi connectivity index (χ3v) is 7.75. The second-order valence-electron chi connectivity index (χ2n) is 10.4. The summed E-state index contributed by atoms with van der Waals surface area (Å²) in [5, 5.41) is 11.9. The standard InChI is InChI=1S/C28H41N3O8/c1-4-10-31(39-13-5-2)25(33)17-30-16-20(19-14-22(36-3)27-23(15-19)37-18-38-27)26(28(34)35)21(30)9-12-29-11-7-6-8-24(29)32/h14-15,20-21,26H,4-13,16-18H2,1-3H3,(H,34,35)/t20-,21+,26?/m1/s1. The molecule has 11 nitrogen and oxygen atoms in total. The quantitative estimate of drug-likeness (QED) is 0.372. The Balaban J connectivity index is 1.62. The Bertz CT molecular complexity index is 1030. The number of piperidine rings is 1. The summed E-state index contributed by atoms with van der Waals surface area (Å²) < 4.78 is 16.7. The van der Waals surface area contributed by atoms with Gasteiger partial charge < -0.3 is 24.2 Å². The Morgan fingerprint density at radius 1 is 1.18 bits per heavy atom. The predicted octanol–water partition coefficient (Wildman–Crippen LogP) is 2.88. The van der Waals surface area contributed by atoms with E-state index >= 15 is 0 Å². The van der Waals surface area contributed by atoms with Crippen LogP contribution in [0.3, 0.4) is 0 Å². The van der Waals surface area contributed by atoms with Crippen LogP contribution in [0, 0.1) is 5.92 Å². The Labute approximate surface area is 229 Å².